The van der Waals surface area contributed by atoms with Crippen LogP contribution in [0.4, 0.5) is 5.95 Å². The molecule has 0 amide bonds. The maximum Gasteiger partial charge on any atom is 0.223 e. The van der Waals surface area contributed by atoms with Crippen molar-refractivity contribution in [3.05, 3.63) is 12.0 Å². The van der Waals surface area contributed by atoms with E-state index in [1.54, 1.807) is 6.20 Å². The minimum Gasteiger partial charge on any atom is -0.368 e. The number of aromatic nitrogens is 6. The fourth-order valence-electron chi connectivity index (χ4n) is 1.41. The summed E-state index contributed by atoms with van der Waals surface area (Å²) in [5.74, 6) is 1.06. The molecule has 0 fully saturated rings. The van der Waals surface area contributed by atoms with E-state index in [4.69, 9.17) is 5.73 Å². The van der Waals surface area contributed by atoms with Crippen molar-refractivity contribution >= 4 is 40.3 Å². The van der Waals surface area contributed by atoms with Crippen LogP contribution in [0.25, 0.3) is 11.0 Å². The molecule has 0 radical (unpaired) electrons. The van der Waals surface area contributed by atoms with E-state index in [-0.39, 0.29) is 5.95 Å². The molecular formula is C9H9N7S2. The Bertz CT molecular complexity index is 689. The summed E-state index contributed by atoms with van der Waals surface area (Å²) in [6, 6.07) is 0. The molecule has 0 unspecified atom stereocenters. The molecule has 9 heteroatoms. The number of fused-ring (bicyclic) bond motifs is 1. The Labute approximate surface area is 110 Å². The van der Waals surface area contributed by atoms with Crippen LogP contribution in [0.2, 0.25) is 0 Å². The molecule has 18 heavy (non-hydrogen) atoms. The van der Waals surface area contributed by atoms with Gasteiger partial charge in [0.15, 0.2) is 9.99 Å². The first-order chi connectivity index (χ1) is 8.76. The summed E-state index contributed by atoms with van der Waals surface area (Å²) in [6.07, 6.45) is 2.50. The number of hydrogen-bond donors (Lipinski definition) is 2. The highest BCUT2D eigenvalue weighted by molar-refractivity contribution is 8.01. The maximum absolute atomic E-state index is 5.65. The number of nitrogens with two attached hydrogens (primary N) is 1. The van der Waals surface area contributed by atoms with Crippen molar-refractivity contribution in [1.82, 2.24) is 29.5 Å². The van der Waals surface area contributed by atoms with Gasteiger partial charge in [-0.15, -0.1) is 0 Å². The molecule has 3 N–H and O–H groups in total. The minimum atomic E-state index is 0.217. The van der Waals surface area contributed by atoms with Gasteiger partial charge in [-0.3, -0.25) is 5.10 Å². The first-order valence-electron chi connectivity index (χ1n) is 5.23. The predicted molar refractivity (Wildman–Crippen MR) is 69.5 cm³/mol. The summed E-state index contributed by atoms with van der Waals surface area (Å²) >= 11 is 2.78. The largest absolute Gasteiger partial charge is 0.368 e. The Kier molecular flexibility index (Phi) is 2.84. The number of aromatic amines is 1. The van der Waals surface area contributed by atoms with Crippen LogP contribution in [0.5, 0.6) is 0 Å². The highest BCUT2D eigenvalue weighted by Gasteiger charge is 2.12. The third-order valence-corrected chi connectivity index (χ3v) is 4.04. The van der Waals surface area contributed by atoms with Gasteiger partial charge in [-0.05, 0) is 23.3 Å². The zero-order chi connectivity index (χ0) is 12.5. The number of nitrogens with one attached hydrogen (secondary N) is 1. The van der Waals surface area contributed by atoms with Crippen molar-refractivity contribution < 1.29 is 0 Å². The van der Waals surface area contributed by atoms with E-state index in [1.165, 1.54) is 23.3 Å². The molecule has 0 atom stereocenters. The second-order valence-corrected chi connectivity index (χ2v) is 5.44. The van der Waals surface area contributed by atoms with Gasteiger partial charge in [-0.1, -0.05) is 6.92 Å². The summed E-state index contributed by atoms with van der Waals surface area (Å²) in [4.78, 5) is 12.7. The fourth-order valence-corrected chi connectivity index (χ4v) is 3.12. The standard InChI is InChI=1S/C9H9N7S2/c1-2-5-12-9(18-16-5)17-7-4-3-11-15-6(4)13-8(10)14-7/h3H,2H2,1H3,(H3,10,11,13,14,15). The van der Waals surface area contributed by atoms with Crippen molar-refractivity contribution in [2.24, 2.45) is 0 Å². The van der Waals surface area contributed by atoms with Crippen LogP contribution in [0.15, 0.2) is 15.6 Å². The first-order valence-corrected chi connectivity index (χ1v) is 6.82. The molecule has 0 saturated heterocycles. The average molecular weight is 279 g/mol. The Hall–Kier alpha value is -1.74. The molecule has 0 spiro atoms. The molecule has 0 bridgehead atoms. The Morgan fingerprint density at radius 1 is 1.39 bits per heavy atom. The molecule has 0 aromatic carbocycles. The zero-order valence-electron chi connectivity index (χ0n) is 9.41. The summed E-state index contributed by atoms with van der Waals surface area (Å²) < 4.78 is 5.07. The Morgan fingerprint density at radius 2 is 2.28 bits per heavy atom. The van der Waals surface area contributed by atoms with E-state index >= 15 is 0 Å². The molecule has 3 rings (SSSR count). The molecule has 3 heterocycles. The van der Waals surface area contributed by atoms with Crippen molar-refractivity contribution in [3.8, 4) is 0 Å². The van der Waals surface area contributed by atoms with Crippen molar-refractivity contribution in [2.45, 2.75) is 22.7 Å². The van der Waals surface area contributed by atoms with Crippen LogP contribution < -0.4 is 5.73 Å². The molecule has 92 valence electrons. The summed E-state index contributed by atoms with van der Waals surface area (Å²) in [7, 11) is 0. The lowest BCUT2D eigenvalue weighted by molar-refractivity contribution is 0.970. The minimum absolute atomic E-state index is 0.217. The van der Waals surface area contributed by atoms with Gasteiger partial charge in [0.05, 0.1) is 11.6 Å². The van der Waals surface area contributed by atoms with Gasteiger partial charge in [0.2, 0.25) is 5.95 Å². The van der Waals surface area contributed by atoms with Crippen LogP contribution in [-0.4, -0.2) is 29.5 Å². The van der Waals surface area contributed by atoms with Gasteiger partial charge < -0.3 is 5.73 Å². The molecule has 0 aliphatic rings. The van der Waals surface area contributed by atoms with Crippen LogP contribution in [0, 0.1) is 0 Å². The summed E-state index contributed by atoms with van der Waals surface area (Å²) in [5, 5.41) is 8.29. The lowest BCUT2D eigenvalue weighted by Crippen LogP contribution is -1.96. The van der Waals surface area contributed by atoms with Crippen LogP contribution >= 0.6 is 23.3 Å². The molecule has 3 aromatic rings. The number of hydrogen-bond acceptors (Lipinski definition) is 8. The van der Waals surface area contributed by atoms with Gasteiger partial charge >= 0.3 is 0 Å². The molecule has 0 aliphatic carbocycles. The van der Waals surface area contributed by atoms with E-state index in [0.29, 0.717) is 5.65 Å². The number of nitrogens with zero attached hydrogens (tertiary/aromatic N) is 5. The van der Waals surface area contributed by atoms with Gasteiger partial charge in [0, 0.05) is 6.42 Å². The number of anilines is 1. The van der Waals surface area contributed by atoms with E-state index in [1.807, 2.05) is 6.92 Å². The predicted octanol–water partition coefficient (Wildman–Crippen LogP) is 1.50. The van der Waals surface area contributed by atoms with Crippen molar-refractivity contribution in [3.63, 3.8) is 0 Å². The topological polar surface area (TPSA) is 106 Å². The van der Waals surface area contributed by atoms with E-state index in [2.05, 4.69) is 29.5 Å². The van der Waals surface area contributed by atoms with Gasteiger partial charge in [-0.2, -0.15) is 14.5 Å². The number of nitrogen functional groups attached to an aromatic ring is 1. The lowest BCUT2D eigenvalue weighted by atomic mass is 10.4. The van der Waals surface area contributed by atoms with Crippen molar-refractivity contribution in [2.75, 3.05) is 5.73 Å². The molecule has 0 aliphatic heterocycles. The summed E-state index contributed by atoms with van der Waals surface area (Å²) in [5.41, 5.74) is 6.28. The smallest absolute Gasteiger partial charge is 0.223 e. The van der Waals surface area contributed by atoms with E-state index in [9.17, 15) is 0 Å². The van der Waals surface area contributed by atoms with Crippen LogP contribution in [-0.2, 0) is 6.42 Å². The van der Waals surface area contributed by atoms with Gasteiger partial charge in [0.1, 0.15) is 10.9 Å². The van der Waals surface area contributed by atoms with Crippen molar-refractivity contribution in [1.29, 1.82) is 0 Å². The first kappa shape index (κ1) is 11.4. The van der Waals surface area contributed by atoms with E-state index < -0.39 is 0 Å². The van der Waals surface area contributed by atoms with Gasteiger partial charge in [0.25, 0.3) is 0 Å². The molecular weight excluding hydrogens is 270 g/mol. The Balaban J connectivity index is 2.00. The van der Waals surface area contributed by atoms with Crippen LogP contribution in [0.1, 0.15) is 12.7 Å². The molecule has 0 saturated carbocycles. The second-order valence-electron chi connectivity index (χ2n) is 3.45. The monoisotopic (exact) mass is 279 g/mol. The molecule has 3 aromatic heterocycles. The maximum atomic E-state index is 5.65. The normalized spacial score (nSPS) is 11.2. The van der Waals surface area contributed by atoms with Crippen LogP contribution in [0.3, 0.4) is 0 Å². The molecule has 7 nitrogen and oxygen atoms in total. The SMILES string of the molecule is CCc1nsc(Sc2nc(N)nc3[nH]ncc23)n1. The van der Waals surface area contributed by atoms with E-state index in [0.717, 1.165) is 27.0 Å². The fraction of sp³-hybridized carbons (Fsp3) is 0.222. The highest BCUT2D eigenvalue weighted by Crippen LogP contribution is 2.32. The number of aryl methyl sites for hydroxylation is 1. The lowest BCUT2D eigenvalue weighted by Gasteiger charge is -1.99. The van der Waals surface area contributed by atoms with Gasteiger partial charge in [-0.25, -0.2) is 9.97 Å². The third-order valence-electron chi connectivity index (χ3n) is 2.24. The summed E-state index contributed by atoms with van der Waals surface area (Å²) in [6.45, 7) is 2.02. The number of rotatable bonds is 3. The average Bonchev–Trinajstić information content (AvgIpc) is 2.97. The highest BCUT2D eigenvalue weighted by atomic mass is 32.2. The zero-order valence-corrected chi connectivity index (χ0v) is 11.0. The quantitative estimate of drug-likeness (QED) is 0.700. The Morgan fingerprint density at radius 3 is 3.06 bits per heavy atom. The third kappa shape index (κ3) is 2.02. The number of H-pyrrole nitrogens is 1. The second kappa shape index (κ2) is 4.50.